The molecule has 0 atom stereocenters. The van der Waals surface area contributed by atoms with Gasteiger partial charge < -0.3 is 8.92 Å². The van der Waals surface area contributed by atoms with Crippen LogP contribution in [0.4, 0.5) is 0 Å². The highest BCUT2D eigenvalue weighted by Gasteiger charge is 2.10. The zero-order valence-corrected chi connectivity index (χ0v) is 10.7. The molecule has 1 aromatic rings. The quantitative estimate of drug-likeness (QED) is 0.574. The average molecular weight is 257 g/mol. The van der Waals surface area contributed by atoms with Crippen LogP contribution in [0.2, 0.25) is 0 Å². The molecule has 0 aliphatic carbocycles. The van der Waals surface area contributed by atoms with Crippen molar-refractivity contribution in [2.75, 3.05) is 12.4 Å². The van der Waals surface area contributed by atoms with E-state index in [1.807, 2.05) is 6.92 Å². The number of hydrogen-bond donors (Lipinski definition) is 0. The summed E-state index contributed by atoms with van der Waals surface area (Å²) < 4.78 is 32.6. The van der Waals surface area contributed by atoms with Crippen LogP contribution in [0.3, 0.4) is 0 Å². The molecule has 0 fully saturated rings. The van der Waals surface area contributed by atoms with Gasteiger partial charge in [-0.1, -0.05) is 6.58 Å². The Labute approximate surface area is 101 Å². The Kier molecular flexibility index (Phi) is 4.51. The lowest BCUT2D eigenvalue weighted by Crippen LogP contribution is -2.11. The van der Waals surface area contributed by atoms with Gasteiger partial charge in [-0.05, 0) is 13.8 Å². The van der Waals surface area contributed by atoms with Crippen LogP contribution in [0.5, 0.6) is 5.75 Å². The van der Waals surface area contributed by atoms with E-state index < -0.39 is 10.1 Å². The molecule has 0 unspecified atom stereocenters. The molecule has 0 saturated heterocycles. The molecule has 94 valence electrons. The molecule has 0 bridgehead atoms. The van der Waals surface area contributed by atoms with Gasteiger partial charge in [0, 0.05) is 18.3 Å². The van der Waals surface area contributed by atoms with Crippen LogP contribution in [-0.2, 0) is 14.9 Å². The predicted octanol–water partition coefficient (Wildman–Crippen LogP) is 1.82. The molecule has 17 heavy (non-hydrogen) atoms. The lowest BCUT2D eigenvalue weighted by Gasteiger charge is -2.08. The predicted molar refractivity (Wildman–Crippen MR) is 65.0 cm³/mol. The maximum atomic E-state index is 11.3. The second-order valence-corrected chi connectivity index (χ2v) is 5.02. The summed E-state index contributed by atoms with van der Waals surface area (Å²) in [4.78, 5) is 4.01. The van der Waals surface area contributed by atoms with Crippen molar-refractivity contribution in [3.8, 4) is 5.75 Å². The van der Waals surface area contributed by atoms with Crippen LogP contribution in [-0.4, -0.2) is 25.8 Å². The van der Waals surface area contributed by atoms with E-state index in [0.29, 0.717) is 18.1 Å². The smallest absolute Gasteiger partial charge is 0.308 e. The van der Waals surface area contributed by atoms with Crippen molar-refractivity contribution >= 4 is 15.9 Å². The highest BCUT2D eigenvalue weighted by molar-refractivity contribution is 7.87. The van der Waals surface area contributed by atoms with Crippen molar-refractivity contribution in [2.45, 2.75) is 13.8 Å². The van der Waals surface area contributed by atoms with E-state index in [1.165, 1.54) is 25.3 Å². The molecule has 0 amide bonds. The molecule has 0 aliphatic rings. The first-order valence-electron chi connectivity index (χ1n) is 5.18. The maximum Gasteiger partial charge on any atom is 0.308 e. The minimum absolute atomic E-state index is 0.0862. The Morgan fingerprint density at radius 1 is 1.47 bits per heavy atom. The van der Waals surface area contributed by atoms with Gasteiger partial charge in [-0.25, -0.2) is 0 Å². The molecule has 0 radical (unpaired) electrons. The van der Waals surface area contributed by atoms with E-state index in [2.05, 4.69) is 11.6 Å². The first-order valence-corrected chi connectivity index (χ1v) is 6.76. The fourth-order valence-corrected chi connectivity index (χ4v) is 1.58. The normalized spacial score (nSPS) is 10.9. The first-order chi connectivity index (χ1) is 7.98. The minimum atomic E-state index is -3.53. The number of pyridine rings is 1. The van der Waals surface area contributed by atoms with Crippen LogP contribution < -0.4 is 4.18 Å². The molecule has 0 aliphatic heterocycles. The molecular weight excluding hydrogens is 242 g/mol. The van der Waals surface area contributed by atoms with Crippen molar-refractivity contribution in [3.05, 3.63) is 30.6 Å². The summed E-state index contributed by atoms with van der Waals surface area (Å²) in [5.74, 6) is 0.501. The molecule has 1 aromatic heterocycles. The van der Waals surface area contributed by atoms with Crippen molar-refractivity contribution in [1.82, 2.24) is 4.98 Å². The minimum Gasteiger partial charge on any atom is -0.492 e. The molecule has 1 rings (SSSR count). The third-order valence-electron chi connectivity index (χ3n) is 1.91. The summed E-state index contributed by atoms with van der Waals surface area (Å²) in [7, 11) is -3.53. The molecule has 0 spiro atoms. The van der Waals surface area contributed by atoms with E-state index in [9.17, 15) is 8.42 Å². The maximum absolute atomic E-state index is 11.3. The lowest BCUT2D eigenvalue weighted by atomic mass is 10.3. The largest absolute Gasteiger partial charge is 0.492 e. The second kappa shape index (κ2) is 5.67. The van der Waals surface area contributed by atoms with Crippen molar-refractivity contribution in [2.24, 2.45) is 0 Å². The SMILES string of the molecule is C=C(OCC)c1cc(OS(=O)(=O)CC)ccn1. The lowest BCUT2D eigenvalue weighted by molar-refractivity contribution is 0.297. The molecular formula is C11H15NO4S. The summed E-state index contributed by atoms with van der Waals surface area (Å²) >= 11 is 0. The van der Waals surface area contributed by atoms with Gasteiger partial charge in [-0.15, -0.1) is 0 Å². The fourth-order valence-electron chi connectivity index (χ4n) is 1.07. The van der Waals surface area contributed by atoms with Gasteiger partial charge >= 0.3 is 10.1 Å². The fraction of sp³-hybridized carbons (Fsp3) is 0.364. The van der Waals surface area contributed by atoms with E-state index in [4.69, 9.17) is 8.92 Å². The average Bonchev–Trinajstić information content (AvgIpc) is 2.29. The van der Waals surface area contributed by atoms with Gasteiger partial charge in [-0.3, -0.25) is 4.98 Å². The highest BCUT2D eigenvalue weighted by atomic mass is 32.2. The van der Waals surface area contributed by atoms with Crippen LogP contribution >= 0.6 is 0 Å². The second-order valence-electron chi connectivity index (χ2n) is 3.16. The first kappa shape index (κ1) is 13.5. The molecule has 1 heterocycles. The van der Waals surface area contributed by atoms with Crippen molar-refractivity contribution in [1.29, 1.82) is 0 Å². The number of ether oxygens (including phenoxy) is 1. The number of hydrogen-bond acceptors (Lipinski definition) is 5. The summed E-state index contributed by atoms with van der Waals surface area (Å²) in [6, 6.07) is 2.95. The third-order valence-corrected chi connectivity index (χ3v) is 3.07. The van der Waals surface area contributed by atoms with E-state index >= 15 is 0 Å². The molecule has 5 nitrogen and oxygen atoms in total. The number of nitrogens with zero attached hydrogens (tertiary/aromatic N) is 1. The van der Waals surface area contributed by atoms with Gasteiger partial charge in [0.1, 0.15) is 17.2 Å². The summed E-state index contributed by atoms with van der Waals surface area (Å²) in [6.07, 6.45) is 1.44. The van der Waals surface area contributed by atoms with E-state index in [-0.39, 0.29) is 11.5 Å². The standard InChI is InChI=1S/C11H15NO4S/c1-4-15-9(3)11-8-10(6-7-12-11)16-17(13,14)5-2/h6-8H,3-5H2,1-2H3. The van der Waals surface area contributed by atoms with E-state index in [0.717, 1.165) is 0 Å². The van der Waals surface area contributed by atoms with Gasteiger partial charge in [0.15, 0.2) is 0 Å². The Balaban J connectivity index is 2.90. The number of aromatic nitrogens is 1. The monoisotopic (exact) mass is 257 g/mol. The van der Waals surface area contributed by atoms with Crippen LogP contribution in [0.25, 0.3) is 5.76 Å². The molecule has 0 aromatic carbocycles. The Hall–Kier alpha value is -1.56. The van der Waals surface area contributed by atoms with Crippen LogP contribution in [0.1, 0.15) is 19.5 Å². The highest BCUT2D eigenvalue weighted by Crippen LogP contribution is 2.18. The zero-order valence-electron chi connectivity index (χ0n) is 9.84. The van der Waals surface area contributed by atoms with Gasteiger partial charge in [0.2, 0.25) is 0 Å². The molecule has 6 heteroatoms. The van der Waals surface area contributed by atoms with Gasteiger partial charge in [-0.2, -0.15) is 8.42 Å². The summed E-state index contributed by atoms with van der Waals surface area (Å²) in [6.45, 7) is 7.49. The van der Waals surface area contributed by atoms with Crippen LogP contribution in [0, 0.1) is 0 Å². The Morgan fingerprint density at radius 2 is 2.18 bits per heavy atom. The Bertz CT molecular complexity index is 496. The Morgan fingerprint density at radius 3 is 2.76 bits per heavy atom. The zero-order chi connectivity index (χ0) is 12.9. The van der Waals surface area contributed by atoms with Crippen molar-refractivity contribution < 1.29 is 17.3 Å². The van der Waals surface area contributed by atoms with E-state index in [1.54, 1.807) is 0 Å². The molecule has 0 N–H and O–H groups in total. The van der Waals surface area contributed by atoms with Gasteiger partial charge in [0.25, 0.3) is 0 Å². The van der Waals surface area contributed by atoms with Crippen molar-refractivity contribution in [3.63, 3.8) is 0 Å². The summed E-state index contributed by atoms with van der Waals surface area (Å²) in [5.41, 5.74) is 0.454. The topological polar surface area (TPSA) is 65.5 Å². The van der Waals surface area contributed by atoms with Crippen LogP contribution in [0.15, 0.2) is 24.9 Å². The van der Waals surface area contributed by atoms with Gasteiger partial charge in [0.05, 0.1) is 12.4 Å². The third kappa shape index (κ3) is 4.07. The number of rotatable bonds is 6. The molecule has 0 saturated carbocycles. The summed E-state index contributed by atoms with van der Waals surface area (Å²) in [5, 5.41) is 0.